The van der Waals surface area contributed by atoms with Crippen molar-refractivity contribution in [3.63, 3.8) is 0 Å². The minimum absolute atomic E-state index is 0.000136. The molecule has 2 aromatic rings. The number of amides is 3. The number of methoxy groups -OCH3 is 1. The first-order valence-corrected chi connectivity index (χ1v) is 16.3. The summed E-state index contributed by atoms with van der Waals surface area (Å²) >= 11 is 0. The molecule has 5 rings (SSSR count). The lowest BCUT2D eigenvalue weighted by atomic mass is 9.84. The highest BCUT2D eigenvalue weighted by Gasteiger charge is 2.43. The highest BCUT2D eigenvalue weighted by molar-refractivity contribution is 6.35. The number of alkyl halides is 3. The highest BCUT2D eigenvalue weighted by Crippen LogP contribution is 2.42. The van der Waals surface area contributed by atoms with Crippen LogP contribution in [0.2, 0.25) is 0 Å². The maximum absolute atomic E-state index is 14.9. The molecule has 13 heteroatoms. The Morgan fingerprint density at radius 1 is 1.15 bits per heavy atom. The van der Waals surface area contributed by atoms with Crippen LogP contribution in [0.25, 0.3) is 11.6 Å². The second kappa shape index (κ2) is 14.2. The smallest absolute Gasteiger partial charge is 0.390 e. The van der Waals surface area contributed by atoms with Crippen LogP contribution in [-0.2, 0) is 20.5 Å². The summed E-state index contributed by atoms with van der Waals surface area (Å²) in [7, 11) is 1.29. The molecule has 1 aromatic heterocycles. The maximum atomic E-state index is 14.9. The number of hydrogen-bond acceptors (Lipinski definition) is 5. The minimum Gasteiger partial charge on any atom is -0.390 e. The SMILES string of the molecule is COCC(=O)Nc1cc2c(cc1F)/C(=C/c1[nH]c(C)c(C(=O)N3CCC(O)(CCCC4CCCCCC4)CC3)c1C(F)(F)F)C(=O)N2. The van der Waals surface area contributed by atoms with Gasteiger partial charge in [-0.25, -0.2) is 4.39 Å². The van der Waals surface area contributed by atoms with Gasteiger partial charge in [0.25, 0.3) is 11.8 Å². The second-order valence-corrected chi connectivity index (χ2v) is 13.0. The average molecular weight is 663 g/mol. The molecule has 47 heavy (non-hydrogen) atoms. The monoisotopic (exact) mass is 662 g/mol. The number of nitrogens with one attached hydrogen (secondary N) is 3. The Kier molecular flexibility index (Phi) is 10.4. The van der Waals surface area contributed by atoms with E-state index in [9.17, 15) is 37.1 Å². The molecule has 0 unspecified atom stereocenters. The first-order valence-electron chi connectivity index (χ1n) is 16.3. The van der Waals surface area contributed by atoms with Gasteiger partial charge >= 0.3 is 6.18 Å². The van der Waals surface area contributed by atoms with Crippen LogP contribution >= 0.6 is 0 Å². The van der Waals surface area contributed by atoms with Crippen LogP contribution in [0.4, 0.5) is 28.9 Å². The molecular formula is C34H42F4N4O5. The van der Waals surface area contributed by atoms with Crippen LogP contribution in [0.5, 0.6) is 0 Å². The summed E-state index contributed by atoms with van der Waals surface area (Å²) in [6.07, 6.45) is 6.60. The van der Waals surface area contributed by atoms with Crippen LogP contribution < -0.4 is 10.6 Å². The van der Waals surface area contributed by atoms with E-state index in [0.29, 0.717) is 12.3 Å². The zero-order chi connectivity index (χ0) is 33.9. The van der Waals surface area contributed by atoms with E-state index in [1.807, 2.05) is 0 Å². The standard InChI is InChI=1S/C34H42F4N4O5/c1-20-29(32(45)42-14-12-33(46,13-15-42)11-7-10-21-8-5-3-4-6-9-21)30(34(36,37)38)27(39-20)17-23-22-16-24(35)26(40-28(43)19-47-2)18-25(22)41-31(23)44/h16-18,21,39,46H,3-15,19H2,1-2H3,(H,40,43)(H,41,44)/b23-17-. The number of aromatic nitrogens is 1. The van der Waals surface area contributed by atoms with E-state index in [-0.39, 0.29) is 60.7 Å². The van der Waals surface area contributed by atoms with Gasteiger partial charge in [0, 0.05) is 31.5 Å². The van der Waals surface area contributed by atoms with E-state index in [1.54, 1.807) is 0 Å². The van der Waals surface area contributed by atoms with E-state index in [0.717, 1.165) is 25.0 Å². The summed E-state index contributed by atoms with van der Waals surface area (Å²) in [5, 5.41) is 16.0. The molecule has 9 nitrogen and oxygen atoms in total. The Morgan fingerprint density at radius 3 is 2.47 bits per heavy atom. The number of rotatable bonds is 9. The second-order valence-electron chi connectivity index (χ2n) is 13.0. The molecule has 1 aliphatic carbocycles. The molecule has 0 radical (unpaired) electrons. The summed E-state index contributed by atoms with van der Waals surface area (Å²) in [6.45, 7) is 1.26. The predicted molar refractivity (Wildman–Crippen MR) is 169 cm³/mol. The van der Waals surface area contributed by atoms with Gasteiger partial charge in [-0.1, -0.05) is 51.4 Å². The number of carbonyl (C=O) groups excluding carboxylic acids is 3. The van der Waals surface area contributed by atoms with Crippen LogP contribution in [0.15, 0.2) is 12.1 Å². The number of nitrogens with zero attached hydrogens (tertiary/aromatic N) is 1. The molecule has 3 heterocycles. The third kappa shape index (κ3) is 7.89. The topological polar surface area (TPSA) is 124 Å². The summed E-state index contributed by atoms with van der Waals surface area (Å²) in [5.41, 5.74) is -3.65. The maximum Gasteiger partial charge on any atom is 0.419 e. The number of hydrogen-bond donors (Lipinski definition) is 4. The zero-order valence-electron chi connectivity index (χ0n) is 26.7. The number of aliphatic hydroxyl groups is 1. The molecule has 4 N–H and O–H groups in total. The molecule has 0 spiro atoms. The van der Waals surface area contributed by atoms with Gasteiger partial charge in [-0.3, -0.25) is 14.4 Å². The van der Waals surface area contributed by atoms with Crippen LogP contribution in [0.3, 0.4) is 0 Å². The Bertz CT molecular complexity index is 1530. The lowest BCUT2D eigenvalue weighted by Crippen LogP contribution is -2.47. The van der Waals surface area contributed by atoms with E-state index in [1.165, 1.54) is 63.5 Å². The normalized spacial score (nSPS) is 19.4. The predicted octanol–water partition coefficient (Wildman–Crippen LogP) is 6.67. The van der Waals surface area contributed by atoms with Crippen molar-refractivity contribution in [2.24, 2.45) is 5.92 Å². The molecule has 256 valence electrons. The van der Waals surface area contributed by atoms with Gasteiger partial charge in [-0.2, -0.15) is 13.2 Å². The van der Waals surface area contributed by atoms with Gasteiger partial charge in [0.1, 0.15) is 12.4 Å². The third-order valence-electron chi connectivity index (χ3n) is 9.65. The molecule has 0 bridgehead atoms. The summed E-state index contributed by atoms with van der Waals surface area (Å²) < 4.78 is 63.4. The van der Waals surface area contributed by atoms with Gasteiger partial charge in [0.15, 0.2) is 0 Å². The number of aromatic amines is 1. The lowest BCUT2D eigenvalue weighted by molar-refractivity contribution is -0.138. The number of benzene rings is 1. The number of carbonyl (C=O) groups is 3. The number of aryl methyl sites for hydroxylation is 1. The Hall–Kier alpha value is -3.71. The van der Waals surface area contributed by atoms with Crippen molar-refractivity contribution in [3.8, 4) is 0 Å². The number of anilines is 2. The first kappa shape index (κ1) is 34.6. The first-order chi connectivity index (χ1) is 22.3. The van der Waals surface area contributed by atoms with Crippen molar-refractivity contribution >= 4 is 40.7 Å². The van der Waals surface area contributed by atoms with Crippen LogP contribution in [-0.4, -0.2) is 65.1 Å². The lowest BCUT2D eigenvalue weighted by Gasteiger charge is -2.38. The summed E-state index contributed by atoms with van der Waals surface area (Å²) in [5.74, 6) is -2.45. The molecule has 2 fully saturated rings. The molecule has 1 saturated carbocycles. The molecular weight excluding hydrogens is 620 g/mol. The van der Waals surface area contributed by atoms with Gasteiger partial charge in [-0.05, 0) is 50.3 Å². The van der Waals surface area contributed by atoms with E-state index >= 15 is 0 Å². The third-order valence-corrected chi connectivity index (χ3v) is 9.65. The zero-order valence-corrected chi connectivity index (χ0v) is 26.7. The number of piperidine rings is 1. The fraction of sp³-hybridized carbons (Fsp3) is 0.559. The number of halogens is 4. The number of H-pyrrole nitrogens is 1. The molecule has 1 aromatic carbocycles. The minimum atomic E-state index is -4.96. The fourth-order valence-corrected chi connectivity index (χ4v) is 7.14. The quantitative estimate of drug-likeness (QED) is 0.136. The number of fused-ring (bicyclic) bond motifs is 1. The Morgan fingerprint density at radius 2 is 1.83 bits per heavy atom. The van der Waals surface area contributed by atoms with E-state index < -0.39 is 52.1 Å². The van der Waals surface area contributed by atoms with Crippen LogP contribution in [0.1, 0.15) is 104 Å². The van der Waals surface area contributed by atoms with Gasteiger partial charge < -0.3 is 30.4 Å². The van der Waals surface area contributed by atoms with Gasteiger partial charge in [-0.15, -0.1) is 0 Å². The van der Waals surface area contributed by atoms with Crippen molar-refractivity contribution in [1.29, 1.82) is 0 Å². The molecule has 0 atom stereocenters. The summed E-state index contributed by atoms with van der Waals surface area (Å²) in [6, 6.07) is 2.12. The van der Waals surface area contributed by atoms with Crippen molar-refractivity contribution in [2.45, 2.75) is 89.3 Å². The fourth-order valence-electron chi connectivity index (χ4n) is 7.14. The molecule has 2 aliphatic heterocycles. The molecule has 3 amide bonds. The summed E-state index contributed by atoms with van der Waals surface area (Å²) in [4.78, 5) is 42.3. The number of likely N-dealkylation sites (tertiary alicyclic amines) is 1. The van der Waals surface area contributed by atoms with Crippen molar-refractivity contribution < 1.29 is 41.8 Å². The van der Waals surface area contributed by atoms with Crippen molar-refractivity contribution in [2.75, 3.05) is 37.4 Å². The average Bonchev–Trinajstić information content (AvgIpc) is 3.34. The van der Waals surface area contributed by atoms with Crippen LogP contribution in [0, 0.1) is 18.7 Å². The van der Waals surface area contributed by atoms with Gasteiger partial charge in [0.2, 0.25) is 5.91 Å². The van der Waals surface area contributed by atoms with Crippen molar-refractivity contribution in [3.05, 3.63) is 46.0 Å². The van der Waals surface area contributed by atoms with E-state index in [2.05, 4.69) is 15.6 Å². The van der Waals surface area contributed by atoms with E-state index in [4.69, 9.17) is 4.74 Å². The number of ether oxygens (including phenoxy) is 1. The van der Waals surface area contributed by atoms with Crippen molar-refractivity contribution in [1.82, 2.24) is 9.88 Å². The Balaban J connectivity index is 1.33. The molecule has 3 aliphatic rings. The van der Waals surface area contributed by atoms with Gasteiger partial charge in [0.05, 0.1) is 39.4 Å². The largest absolute Gasteiger partial charge is 0.419 e. The Labute approximate surface area is 271 Å². The molecule has 1 saturated heterocycles. The highest BCUT2D eigenvalue weighted by atomic mass is 19.4.